The van der Waals surface area contributed by atoms with Gasteiger partial charge in [0.2, 0.25) is 5.91 Å². The normalized spacial score (nSPS) is 23.4. The first kappa shape index (κ1) is 25.7. The van der Waals surface area contributed by atoms with E-state index in [0.717, 1.165) is 69.8 Å². The molecule has 3 atom stereocenters. The van der Waals surface area contributed by atoms with Crippen molar-refractivity contribution >= 4 is 5.91 Å². The quantitative estimate of drug-likeness (QED) is 0.542. The van der Waals surface area contributed by atoms with E-state index in [1.54, 1.807) is 0 Å². The van der Waals surface area contributed by atoms with Gasteiger partial charge in [-0.3, -0.25) is 15.0 Å². The number of ether oxygens (including phenoxy) is 1. The maximum absolute atomic E-state index is 13.5. The summed E-state index contributed by atoms with van der Waals surface area (Å²) in [5.74, 6) is 2.03. The molecule has 6 nitrogen and oxygen atoms in total. The van der Waals surface area contributed by atoms with Crippen LogP contribution in [0.15, 0.2) is 54.6 Å². The molecule has 6 heteroatoms. The van der Waals surface area contributed by atoms with Crippen molar-refractivity contribution in [3.63, 3.8) is 0 Å². The Labute approximate surface area is 210 Å². The van der Waals surface area contributed by atoms with Gasteiger partial charge in [0.25, 0.3) is 0 Å². The van der Waals surface area contributed by atoms with Crippen LogP contribution in [-0.4, -0.2) is 58.3 Å². The van der Waals surface area contributed by atoms with Gasteiger partial charge in [-0.25, -0.2) is 0 Å². The summed E-state index contributed by atoms with van der Waals surface area (Å²) in [5.41, 5.74) is 0.722. The first-order valence-electron chi connectivity index (χ1n) is 13.3. The van der Waals surface area contributed by atoms with Crippen LogP contribution in [0.25, 0.3) is 0 Å². The van der Waals surface area contributed by atoms with Gasteiger partial charge in [-0.05, 0) is 55.0 Å². The number of nitrogens with one attached hydrogen (secondary N) is 1. The number of benzene rings is 2. The molecule has 0 aromatic heterocycles. The Balaban J connectivity index is 1.39. The number of carbonyl (C=O) groups excluding carboxylic acids is 1. The van der Waals surface area contributed by atoms with Crippen molar-refractivity contribution in [2.24, 2.45) is 5.92 Å². The van der Waals surface area contributed by atoms with Gasteiger partial charge < -0.3 is 14.7 Å². The van der Waals surface area contributed by atoms with Crippen molar-refractivity contribution in [1.82, 2.24) is 15.1 Å². The van der Waals surface area contributed by atoms with Crippen LogP contribution < -0.4 is 10.1 Å². The lowest BCUT2D eigenvalue weighted by Crippen LogP contribution is -2.75. The molecule has 2 N–H and O–H groups in total. The highest BCUT2D eigenvalue weighted by Gasteiger charge is 2.53. The second-order valence-electron chi connectivity index (χ2n) is 10.2. The van der Waals surface area contributed by atoms with Crippen LogP contribution >= 0.6 is 0 Å². The zero-order valence-electron chi connectivity index (χ0n) is 21.5. The van der Waals surface area contributed by atoms with Gasteiger partial charge in [0.05, 0.1) is 11.6 Å². The Bertz CT molecular complexity index is 941. The second kappa shape index (κ2) is 11.5. The fourth-order valence-electron chi connectivity index (χ4n) is 5.41. The highest BCUT2D eigenvalue weighted by molar-refractivity contribution is 5.84. The van der Waals surface area contributed by atoms with Gasteiger partial charge in [-0.1, -0.05) is 63.9 Å². The van der Waals surface area contributed by atoms with Gasteiger partial charge >= 0.3 is 0 Å². The molecule has 190 valence electrons. The molecule has 2 saturated heterocycles. The first-order valence-corrected chi connectivity index (χ1v) is 13.3. The summed E-state index contributed by atoms with van der Waals surface area (Å²) in [4.78, 5) is 18.0. The number of rotatable bonds is 9. The summed E-state index contributed by atoms with van der Waals surface area (Å²) >= 11 is 0. The van der Waals surface area contributed by atoms with Crippen molar-refractivity contribution in [2.75, 3.05) is 19.6 Å². The van der Waals surface area contributed by atoms with Crippen molar-refractivity contribution in [3.8, 4) is 11.5 Å². The number of piperidine rings is 1. The van der Waals surface area contributed by atoms with Gasteiger partial charge in [-0.15, -0.1) is 0 Å². The summed E-state index contributed by atoms with van der Waals surface area (Å²) in [6.07, 6.45) is 3.78. The van der Waals surface area contributed by atoms with Crippen LogP contribution in [0.3, 0.4) is 0 Å². The minimum atomic E-state index is -0.687. The number of aliphatic hydroxyl groups is 1. The summed E-state index contributed by atoms with van der Waals surface area (Å²) in [6.45, 7) is 9.63. The SMILES string of the molecule is CCCCN1C(=O)[C@@H]([C@H](C)CC)NC(O)C12CCN(Cc1ccc(Oc3ccccc3)cc1)CC2. The first-order chi connectivity index (χ1) is 17.0. The third-order valence-corrected chi connectivity index (χ3v) is 7.89. The monoisotopic (exact) mass is 479 g/mol. The number of unbranched alkanes of at least 4 members (excludes halogenated alkanes) is 1. The predicted molar refractivity (Wildman–Crippen MR) is 139 cm³/mol. The Kier molecular flexibility index (Phi) is 8.47. The Hall–Kier alpha value is -2.41. The van der Waals surface area contributed by atoms with Crippen LogP contribution in [0.1, 0.15) is 58.4 Å². The molecule has 0 radical (unpaired) electrons. The lowest BCUT2D eigenvalue weighted by atomic mass is 9.79. The molecule has 35 heavy (non-hydrogen) atoms. The van der Waals surface area contributed by atoms with Crippen molar-refractivity contribution < 1.29 is 14.6 Å². The van der Waals surface area contributed by atoms with Gasteiger partial charge in [-0.2, -0.15) is 0 Å². The lowest BCUT2D eigenvalue weighted by molar-refractivity contribution is -0.169. The summed E-state index contributed by atoms with van der Waals surface area (Å²) in [5, 5.41) is 14.6. The number of hydrogen-bond donors (Lipinski definition) is 2. The van der Waals surface area contributed by atoms with Crippen LogP contribution in [0.5, 0.6) is 11.5 Å². The van der Waals surface area contributed by atoms with Crippen LogP contribution in [0, 0.1) is 5.92 Å². The Morgan fingerprint density at radius 3 is 2.34 bits per heavy atom. The van der Waals surface area contributed by atoms with Crippen molar-refractivity contribution in [2.45, 2.75) is 77.2 Å². The fraction of sp³-hybridized carbons (Fsp3) is 0.552. The molecule has 2 aromatic carbocycles. The number of carbonyl (C=O) groups is 1. The minimum Gasteiger partial charge on any atom is -0.457 e. The molecule has 2 heterocycles. The van der Waals surface area contributed by atoms with Crippen LogP contribution in [0.4, 0.5) is 0 Å². The van der Waals surface area contributed by atoms with Gasteiger partial charge in [0.15, 0.2) is 0 Å². The largest absolute Gasteiger partial charge is 0.457 e. The van der Waals surface area contributed by atoms with Crippen molar-refractivity contribution in [1.29, 1.82) is 0 Å². The molecule has 1 unspecified atom stereocenters. The number of nitrogens with zero attached hydrogens (tertiary/aromatic N) is 2. The molecule has 2 fully saturated rings. The van der Waals surface area contributed by atoms with E-state index in [4.69, 9.17) is 4.74 Å². The molecule has 1 amide bonds. The minimum absolute atomic E-state index is 0.167. The lowest BCUT2D eigenvalue weighted by Gasteiger charge is -2.56. The molecule has 2 aromatic rings. The zero-order chi connectivity index (χ0) is 24.8. The molecule has 0 aliphatic carbocycles. The van der Waals surface area contributed by atoms with Gasteiger partial charge in [0, 0.05) is 26.2 Å². The third-order valence-electron chi connectivity index (χ3n) is 7.89. The maximum atomic E-state index is 13.5. The Morgan fingerprint density at radius 2 is 1.71 bits per heavy atom. The topological polar surface area (TPSA) is 65.0 Å². The Morgan fingerprint density at radius 1 is 1.06 bits per heavy atom. The molecule has 2 aliphatic heterocycles. The predicted octanol–water partition coefficient (Wildman–Crippen LogP) is 4.78. The molecule has 4 rings (SSSR count). The number of amides is 1. The number of para-hydroxylation sites is 1. The van der Waals surface area contributed by atoms with E-state index in [0.29, 0.717) is 0 Å². The maximum Gasteiger partial charge on any atom is 0.240 e. The van der Waals surface area contributed by atoms with E-state index in [-0.39, 0.29) is 17.9 Å². The third kappa shape index (κ3) is 5.71. The number of likely N-dealkylation sites (tertiary alicyclic amines) is 1. The van der Waals surface area contributed by atoms with E-state index in [9.17, 15) is 9.90 Å². The van der Waals surface area contributed by atoms with E-state index in [1.807, 2.05) is 47.4 Å². The standard InChI is InChI=1S/C29H41N3O3/c1-4-6-18-32-27(33)26(22(3)5-2)30-28(34)29(32)16-19-31(20-17-29)21-23-12-14-25(15-13-23)35-24-10-8-7-9-11-24/h7-15,22,26,28,30,34H,4-6,16-21H2,1-3H3/t22-,26-,28?/m1/s1. The number of piperazine rings is 1. The van der Waals surface area contributed by atoms with Crippen molar-refractivity contribution in [3.05, 3.63) is 60.2 Å². The van der Waals surface area contributed by atoms with E-state index < -0.39 is 11.8 Å². The molecule has 0 saturated carbocycles. The van der Waals surface area contributed by atoms with E-state index in [1.165, 1.54) is 5.56 Å². The highest BCUT2D eigenvalue weighted by atomic mass is 16.5. The average molecular weight is 480 g/mol. The number of aliphatic hydroxyl groups excluding tert-OH is 1. The summed E-state index contributed by atoms with van der Waals surface area (Å²) in [6, 6.07) is 17.8. The molecular weight excluding hydrogens is 438 g/mol. The second-order valence-corrected chi connectivity index (χ2v) is 10.2. The summed E-state index contributed by atoms with van der Waals surface area (Å²) < 4.78 is 5.91. The average Bonchev–Trinajstić information content (AvgIpc) is 2.89. The van der Waals surface area contributed by atoms with E-state index in [2.05, 4.69) is 43.1 Å². The fourth-order valence-corrected chi connectivity index (χ4v) is 5.41. The molecular formula is C29H41N3O3. The van der Waals surface area contributed by atoms with Gasteiger partial charge in [0.1, 0.15) is 17.7 Å². The van der Waals surface area contributed by atoms with E-state index >= 15 is 0 Å². The number of hydrogen-bond acceptors (Lipinski definition) is 5. The molecule has 2 aliphatic rings. The van der Waals surface area contributed by atoms with Crippen LogP contribution in [-0.2, 0) is 11.3 Å². The highest BCUT2D eigenvalue weighted by Crippen LogP contribution is 2.37. The van der Waals surface area contributed by atoms with Crippen LogP contribution in [0.2, 0.25) is 0 Å². The molecule has 0 bridgehead atoms. The zero-order valence-corrected chi connectivity index (χ0v) is 21.5. The smallest absolute Gasteiger partial charge is 0.240 e. The molecule has 1 spiro atoms. The summed E-state index contributed by atoms with van der Waals surface area (Å²) in [7, 11) is 0.